The molecule has 16 heteroatoms. The van der Waals surface area contributed by atoms with Crippen LogP contribution in [0.2, 0.25) is 0 Å². The second-order valence-corrected chi connectivity index (χ2v) is 14.5. The van der Waals surface area contributed by atoms with Gasteiger partial charge in [-0.15, -0.1) is 0 Å². The molecule has 3 saturated heterocycles. The monoisotopic (exact) mass is 757 g/mol. The van der Waals surface area contributed by atoms with Gasteiger partial charge in [-0.1, -0.05) is 25.3 Å². The molecule has 3 aliphatic heterocycles. The molecule has 3 aliphatic rings. The number of rotatable bonds is 10. The number of carbonyl (C=O) groups excluding carboxylic acids is 1. The highest BCUT2D eigenvalue weighted by Gasteiger charge is 2.46. The third-order valence-electron chi connectivity index (χ3n) is 10.8. The van der Waals surface area contributed by atoms with Gasteiger partial charge >= 0.3 is 18.4 Å². The molecule has 5 heterocycles. The van der Waals surface area contributed by atoms with Gasteiger partial charge in [0.15, 0.2) is 12.4 Å². The number of H-pyrrole nitrogens is 1. The zero-order chi connectivity index (χ0) is 38.4. The topological polar surface area (TPSA) is 99.7 Å². The van der Waals surface area contributed by atoms with Crippen LogP contribution < -0.4 is 14.4 Å². The third kappa shape index (κ3) is 7.70. The highest BCUT2D eigenvalue weighted by Crippen LogP contribution is 2.48. The summed E-state index contributed by atoms with van der Waals surface area (Å²) in [6, 6.07) is 5.43. The van der Waals surface area contributed by atoms with Gasteiger partial charge in [-0.2, -0.15) is 41.4 Å². The smallest absolute Gasteiger partial charge is 0.422 e. The number of hydrogen-bond donors (Lipinski definition) is 1. The molecule has 4 aromatic rings. The molecular weight excluding hydrogens is 716 g/mol. The summed E-state index contributed by atoms with van der Waals surface area (Å²) in [5, 5.41) is 8.22. The highest BCUT2D eigenvalue weighted by atomic mass is 19.4. The second-order valence-electron chi connectivity index (χ2n) is 14.5. The van der Waals surface area contributed by atoms with Crippen LogP contribution in [0.4, 0.5) is 32.2 Å². The Hall–Kier alpha value is -4.86. The fraction of sp³-hybridized carbons (Fsp3) is 0.474. The van der Waals surface area contributed by atoms with Crippen molar-refractivity contribution in [1.29, 1.82) is 0 Å². The lowest BCUT2D eigenvalue weighted by atomic mass is 9.72. The summed E-state index contributed by atoms with van der Waals surface area (Å²) in [7, 11) is 0. The number of piperidine rings is 2. The molecule has 54 heavy (non-hydrogen) atoms. The van der Waals surface area contributed by atoms with E-state index >= 15 is 0 Å². The number of ether oxygens (including phenoxy) is 2. The zero-order valence-corrected chi connectivity index (χ0v) is 29.8. The van der Waals surface area contributed by atoms with Crippen molar-refractivity contribution in [3.63, 3.8) is 0 Å². The molecule has 2 aromatic heterocycles. The molecule has 1 spiro atoms. The number of nitrogens with zero attached hydrogens (tertiary/aromatic N) is 6. The minimum Gasteiger partial charge on any atom is -0.481 e. The lowest BCUT2D eigenvalue weighted by Crippen LogP contribution is -2.61. The van der Waals surface area contributed by atoms with Gasteiger partial charge in [0.2, 0.25) is 5.91 Å². The van der Waals surface area contributed by atoms with Crippen molar-refractivity contribution in [3.05, 3.63) is 54.8 Å². The van der Waals surface area contributed by atoms with Gasteiger partial charge in [-0.25, -0.2) is 0 Å². The Labute approximate surface area is 307 Å². The van der Waals surface area contributed by atoms with Crippen molar-refractivity contribution in [3.8, 4) is 22.9 Å². The molecule has 10 nitrogen and oxygen atoms in total. The van der Waals surface area contributed by atoms with E-state index in [9.17, 15) is 31.1 Å². The molecule has 288 valence electrons. The van der Waals surface area contributed by atoms with E-state index < -0.39 is 31.5 Å². The lowest BCUT2D eigenvalue weighted by molar-refractivity contribution is -0.153. The van der Waals surface area contributed by atoms with Crippen molar-refractivity contribution < 1.29 is 40.6 Å². The van der Waals surface area contributed by atoms with Crippen LogP contribution >= 0.6 is 0 Å². The number of likely N-dealkylation sites (tertiary alicyclic amines) is 2. The molecule has 1 amide bonds. The highest BCUT2D eigenvalue weighted by molar-refractivity contribution is 6.07. The molecule has 0 atom stereocenters. The van der Waals surface area contributed by atoms with Gasteiger partial charge in [0.1, 0.15) is 17.4 Å². The number of amides is 1. The summed E-state index contributed by atoms with van der Waals surface area (Å²) in [6.07, 6.45) is -3.45. The van der Waals surface area contributed by atoms with Gasteiger partial charge in [0.05, 0.1) is 18.1 Å². The Bertz CT molecular complexity index is 2060. The van der Waals surface area contributed by atoms with Crippen LogP contribution in [-0.2, 0) is 4.79 Å². The predicted molar refractivity (Wildman–Crippen MR) is 192 cm³/mol. The third-order valence-corrected chi connectivity index (χ3v) is 10.8. The maximum atomic E-state index is 13.9. The summed E-state index contributed by atoms with van der Waals surface area (Å²) in [5.74, 6) is 0.229. The maximum absolute atomic E-state index is 13.9. The zero-order valence-electron chi connectivity index (χ0n) is 29.8. The van der Waals surface area contributed by atoms with Crippen LogP contribution in [-0.4, -0.2) is 107 Å². The Morgan fingerprint density at radius 3 is 2.37 bits per heavy atom. The van der Waals surface area contributed by atoms with Gasteiger partial charge in [0, 0.05) is 67.6 Å². The van der Waals surface area contributed by atoms with E-state index in [-0.39, 0.29) is 35.1 Å². The quantitative estimate of drug-likeness (QED) is 0.131. The maximum Gasteiger partial charge on any atom is 0.422 e. The van der Waals surface area contributed by atoms with Gasteiger partial charge in [-0.3, -0.25) is 9.89 Å². The van der Waals surface area contributed by atoms with Crippen LogP contribution in [0.3, 0.4) is 0 Å². The largest absolute Gasteiger partial charge is 0.481 e. The number of aryl methyl sites for hydroxylation is 1. The lowest BCUT2D eigenvalue weighted by Gasteiger charge is -2.54. The number of hydrogen-bond acceptors (Lipinski definition) is 8. The number of carbonyl (C=O) groups is 1. The first-order valence-electron chi connectivity index (χ1n) is 17.9. The molecule has 0 saturated carbocycles. The normalized spacial score (nSPS) is 18.3. The molecule has 3 fully saturated rings. The van der Waals surface area contributed by atoms with E-state index in [1.54, 1.807) is 22.1 Å². The number of halogens is 6. The molecular formula is C38H41F6N7O3. The molecule has 1 N–H and O–H groups in total. The summed E-state index contributed by atoms with van der Waals surface area (Å²) in [6.45, 7) is 10.8. The first-order chi connectivity index (χ1) is 25.7. The number of aromatic nitrogens is 4. The Morgan fingerprint density at radius 2 is 1.72 bits per heavy atom. The number of fused-ring (bicyclic) bond motifs is 2. The van der Waals surface area contributed by atoms with Gasteiger partial charge in [-0.05, 0) is 67.5 Å². The van der Waals surface area contributed by atoms with Gasteiger partial charge < -0.3 is 24.2 Å². The second kappa shape index (κ2) is 14.4. The van der Waals surface area contributed by atoms with Crippen molar-refractivity contribution in [2.45, 2.75) is 57.5 Å². The summed E-state index contributed by atoms with van der Waals surface area (Å²) in [4.78, 5) is 27.3. The number of alkyl halides is 6. The minimum absolute atomic E-state index is 0.0569. The van der Waals surface area contributed by atoms with Crippen molar-refractivity contribution in [2.24, 2.45) is 5.41 Å². The number of aromatic amines is 1. The van der Waals surface area contributed by atoms with Crippen LogP contribution in [0.15, 0.2) is 43.6 Å². The van der Waals surface area contributed by atoms with Crippen LogP contribution in [0, 0.1) is 12.3 Å². The fourth-order valence-electron chi connectivity index (χ4n) is 7.93. The average molecular weight is 758 g/mol. The number of anilines is 1. The SMILES string of the molecule is C=CC(=O)N1CC2(CCN(c3nc(OC4CCN(CCC(F)(F)F)CC4)nc4c(OCC(F)(F)F)c(-c5c(C)ccc6[nH]ncc56)c(C=C)cc34)CC2)C1. The standard InChI is InChI=1S/C38H41F6N7O3/c1-4-24-18-26-32(33(53-22-38(42,43)44)31(24)30-23(3)6-7-28-27(30)19-45-48-28)46-35(54-25-8-13-49(14-9-25)15-12-37(39,40)41)47-34(26)50-16-10-36(11-17-50)20-51(21-36)29(52)5-2/h4-7,18-19,25H,1-2,8-17,20-22H2,3H3,(H,45,48). The van der Waals surface area contributed by atoms with E-state index in [1.807, 2.05) is 25.1 Å². The van der Waals surface area contributed by atoms with Crippen molar-refractivity contribution >= 4 is 39.6 Å². The predicted octanol–water partition coefficient (Wildman–Crippen LogP) is 7.48. The first-order valence-corrected chi connectivity index (χ1v) is 17.9. The fourth-order valence-corrected chi connectivity index (χ4v) is 7.93. The molecule has 2 aromatic carbocycles. The Balaban J connectivity index is 1.31. The summed E-state index contributed by atoms with van der Waals surface area (Å²) < 4.78 is 92.5. The Morgan fingerprint density at radius 1 is 1.00 bits per heavy atom. The number of nitrogens with one attached hydrogen (secondary N) is 1. The molecule has 0 bridgehead atoms. The van der Waals surface area contributed by atoms with E-state index in [0.717, 1.165) is 18.4 Å². The Kier molecular flexibility index (Phi) is 10.00. The van der Waals surface area contributed by atoms with E-state index in [4.69, 9.17) is 19.4 Å². The van der Waals surface area contributed by atoms with Crippen molar-refractivity contribution in [1.82, 2.24) is 30.0 Å². The summed E-state index contributed by atoms with van der Waals surface area (Å²) in [5.41, 5.74) is 2.97. The van der Waals surface area contributed by atoms with E-state index in [0.29, 0.717) is 90.9 Å². The van der Waals surface area contributed by atoms with Crippen LogP contribution in [0.5, 0.6) is 11.8 Å². The van der Waals surface area contributed by atoms with Crippen LogP contribution in [0.25, 0.3) is 39.0 Å². The molecule has 0 unspecified atom stereocenters. The first kappa shape index (κ1) is 37.5. The molecule has 0 radical (unpaired) electrons. The van der Waals surface area contributed by atoms with E-state index in [1.165, 1.54) is 6.08 Å². The van der Waals surface area contributed by atoms with Crippen LogP contribution in [0.1, 0.15) is 43.2 Å². The van der Waals surface area contributed by atoms with E-state index in [2.05, 4.69) is 28.3 Å². The molecule has 0 aliphatic carbocycles. The molecule has 7 rings (SSSR count). The average Bonchev–Trinajstić information content (AvgIpc) is 3.60. The minimum atomic E-state index is -4.68. The van der Waals surface area contributed by atoms with Gasteiger partial charge in [0.25, 0.3) is 0 Å². The number of benzene rings is 2. The summed E-state index contributed by atoms with van der Waals surface area (Å²) >= 11 is 0. The van der Waals surface area contributed by atoms with Crippen molar-refractivity contribution in [2.75, 3.05) is 57.3 Å².